The maximum atomic E-state index is 10.7. The summed E-state index contributed by atoms with van der Waals surface area (Å²) < 4.78 is 4.92. The van der Waals surface area contributed by atoms with Crippen molar-refractivity contribution in [3.05, 3.63) is 12.7 Å². The molecule has 1 fully saturated rings. The van der Waals surface area contributed by atoms with Gasteiger partial charge in [0, 0.05) is 0 Å². The Labute approximate surface area is 66.4 Å². The molecular formula is C8H13NO2. The van der Waals surface area contributed by atoms with Crippen molar-refractivity contribution in [3.8, 4) is 0 Å². The van der Waals surface area contributed by atoms with Crippen LogP contribution in [0.15, 0.2) is 12.7 Å². The van der Waals surface area contributed by atoms with E-state index >= 15 is 0 Å². The zero-order valence-electron chi connectivity index (χ0n) is 6.83. The lowest BCUT2D eigenvalue weighted by molar-refractivity contribution is 0.149. The molecule has 62 valence electrons. The Balaban J connectivity index is 2.64. The quantitative estimate of drug-likeness (QED) is 0.610. The van der Waals surface area contributed by atoms with Crippen molar-refractivity contribution >= 4 is 6.09 Å². The Morgan fingerprint density at radius 2 is 2.36 bits per heavy atom. The van der Waals surface area contributed by atoms with Crippen LogP contribution in [0.1, 0.15) is 13.8 Å². The largest absolute Gasteiger partial charge is 0.440 e. The number of hydrogen-bond donors (Lipinski definition) is 1. The summed E-state index contributed by atoms with van der Waals surface area (Å²) in [5.74, 6) is 0.379. The van der Waals surface area contributed by atoms with Crippen LogP contribution in [0.25, 0.3) is 0 Å². The molecule has 0 spiro atoms. The summed E-state index contributed by atoms with van der Waals surface area (Å²) in [7, 11) is 0. The van der Waals surface area contributed by atoms with Crippen molar-refractivity contribution in [1.29, 1.82) is 0 Å². The molecule has 0 aliphatic carbocycles. The van der Waals surface area contributed by atoms with Gasteiger partial charge in [0.25, 0.3) is 0 Å². The van der Waals surface area contributed by atoms with E-state index in [1.54, 1.807) is 6.08 Å². The molecule has 0 radical (unpaired) electrons. The van der Waals surface area contributed by atoms with Crippen LogP contribution in [0.3, 0.4) is 0 Å². The lowest BCUT2D eigenvalue weighted by Crippen LogP contribution is -2.35. The van der Waals surface area contributed by atoms with Gasteiger partial charge in [-0.05, 0) is 12.0 Å². The van der Waals surface area contributed by atoms with Gasteiger partial charge in [-0.1, -0.05) is 20.4 Å². The predicted octanol–water partition coefficient (Wildman–Crippen LogP) is 1.31. The topological polar surface area (TPSA) is 38.3 Å². The van der Waals surface area contributed by atoms with Crippen molar-refractivity contribution in [2.24, 2.45) is 5.92 Å². The van der Waals surface area contributed by atoms with Crippen LogP contribution >= 0.6 is 0 Å². The van der Waals surface area contributed by atoms with Gasteiger partial charge in [-0.25, -0.2) is 4.79 Å². The molecule has 3 nitrogen and oxygen atoms in total. The molecule has 1 aliphatic rings. The minimum absolute atomic E-state index is 0.0833. The summed E-state index contributed by atoms with van der Waals surface area (Å²) >= 11 is 0. The molecule has 1 unspecified atom stereocenters. The maximum Gasteiger partial charge on any atom is 0.408 e. The molecule has 0 bridgehead atoms. The fraction of sp³-hybridized carbons (Fsp3) is 0.625. The molecule has 0 aromatic carbocycles. The van der Waals surface area contributed by atoms with Crippen LogP contribution < -0.4 is 5.32 Å². The van der Waals surface area contributed by atoms with E-state index in [9.17, 15) is 4.79 Å². The van der Waals surface area contributed by atoms with E-state index < -0.39 is 0 Å². The molecule has 1 saturated heterocycles. The SMILES string of the molecule is C=CC1OC(=O)N[C@H]1C(C)C. The first kappa shape index (κ1) is 8.11. The lowest BCUT2D eigenvalue weighted by atomic mass is 10.00. The maximum absolute atomic E-state index is 10.7. The standard InChI is InChI=1S/C8H13NO2/c1-4-6-7(5(2)3)9-8(10)11-6/h4-7H,1H2,2-3H3,(H,9,10)/t6?,7-/m0/s1. The molecule has 1 heterocycles. The molecule has 1 aliphatic heterocycles. The van der Waals surface area contributed by atoms with Crippen LogP contribution in [0.2, 0.25) is 0 Å². The fourth-order valence-electron chi connectivity index (χ4n) is 1.19. The lowest BCUT2D eigenvalue weighted by Gasteiger charge is -2.16. The molecule has 1 amide bonds. The number of rotatable bonds is 2. The average molecular weight is 155 g/mol. The van der Waals surface area contributed by atoms with Crippen molar-refractivity contribution in [2.45, 2.75) is 26.0 Å². The number of nitrogens with one attached hydrogen (secondary N) is 1. The Bertz CT molecular complexity index is 177. The number of carbonyl (C=O) groups excluding carboxylic acids is 1. The van der Waals surface area contributed by atoms with Crippen LogP contribution in [0.4, 0.5) is 4.79 Å². The van der Waals surface area contributed by atoms with Gasteiger partial charge in [0.15, 0.2) is 0 Å². The van der Waals surface area contributed by atoms with Gasteiger partial charge in [-0.2, -0.15) is 0 Å². The summed E-state index contributed by atoms with van der Waals surface area (Å²) in [6, 6.07) is 0.0833. The highest BCUT2D eigenvalue weighted by Crippen LogP contribution is 2.16. The highest BCUT2D eigenvalue weighted by Gasteiger charge is 2.33. The second-order valence-corrected chi connectivity index (χ2v) is 3.02. The van der Waals surface area contributed by atoms with Gasteiger partial charge in [-0.3, -0.25) is 0 Å². The summed E-state index contributed by atoms with van der Waals surface area (Å²) in [5.41, 5.74) is 0. The van der Waals surface area contributed by atoms with Gasteiger partial charge in [0.2, 0.25) is 0 Å². The van der Waals surface area contributed by atoms with E-state index in [1.165, 1.54) is 0 Å². The van der Waals surface area contributed by atoms with E-state index in [1.807, 2.05) is 13.8 Å². The van der Waals surface area contributed by atoms with Crippen molar-refractivity contribution in [2.75, 3.05) is 0 Å². The molecule has 0 aromatic heterocycles. The average Bonchev–Trinajstić information content (AvgIpc) is 2.30. The van der Waals surface area contributed by atoms with Crippen molar-refractivity contribution in [1.82, 2.24) is 5.32 Å². The zero-order valence-corrected chi connectivity index (χ0v) is 6.83. The third-order valence-electron chi connectivity index (χ3n) is 1.83. The summed E-state index contributed by atoms with van der Waals surface area (Å²) in [6.45, 7) is 7.67. The molecule has 11 heavy (non-hydrogen) atoms. The Kier molecular flexibility index (Phi) is 2.17. The zero-order chi connectivity index (χ0) is 8.43. The Hall–Kier alpha value is -0.990. The summed E-state index contributed by atoms with van der Waals surface area (Å²) in [5, 5.41) is 2.72. The van der Waals surface area contributed by atoms with Crippen molar-refractivity contribution < 1.29 is 9.53 Å². The molecule has 1 rings (SSSR count). The van der Waals surface area contributed by atoms with E-state index in [0.29, 0.717) is 5.92 Å². The number of cyclic esters (lactones) is 1. The molecule has 0 saturated carbocycles. The first-order chi connectivity index (χ1) is 5.15. The normalized spacial score (nSPS) is 29.9. The molecular weight excluding hydrogens is 142 g/mol. The summed E-state index contributed by atoms with van der Waals surface area (Å²) in [4.78, 5) is 10.7. The highest BCUT2D eigenvalue weighted by molar-refractivity contribution is 5.70. The second-order valence-electron chi connectivity index (χ2n) is 3.02. The van der Waals surface area contributed by atoms with Crippen LogP contribution in [0.5, 0.6) is 0 Å². The number of alkyl carbamates (subject to hydrolysis) is 1. The van der Waals surface area contributed by atoms with Gasteiger partial charge < -0.3 is 10.1 Å². The van der Waals surface area contributed by atoms with Crippen LogP contribution in [-0.4, -0.2) is 18.2 Å². The van der Waals surface area contributed by atoms with Gasteiger partial charge in [0.1, 0.15) is 6.10 Å². The number of ether oxygens (including phenoxy) is 1. The van der Waals surface area contributed by atoms with E-state index in [2.05, 4.69) is 11.9 Å². The molecule has 0 aromatic rings. The van der Waals surface area contributed by atoms with Gasteiger partial charge in [0.05, 0.1) is 6.04 Å². The van der Waals surface area contributed by atoms with E-state index in [-0.39, 0.29) is 18.2 Å². The molecule has 2 atom stereocenters. The van der Waals surface area contributed by atoms with Gasteiger partial charge in [-0.15, -0.1) is 0 Å². The fourth-order valence-corrected chi connectivity index (χ4v) is 1.19. The minimum atomic E-state index is -0.339. The van der Waals surface area contributed by atoms with Gasteiger partial charge >= 0.3 is 6.09 Å². The Morgan fingerprint density at radius 1 is 1.73 bits per heavy atom. The number of hydrogen-bond acceptors (Lipinski definition) is 2. The third-order valence-corrected chi connectivity index (χ3v) is 1.83. The predicted molar refractivity (Wildman–Crippen MR) is 42.2 cm³/mol. The number of carbonyl (C=O) groups is 1. The third kappa shape index (κ3) is 1.53. The van der Waals surface area contributed by atoms with Crippen LogP contribution in [0, 0.1) is 5.92 Å². The van der Waals surface area contributed by atoms with E-state index in [4.69, 9.17) is 4.74 Å². The molecule has 3 heteroatoms. The Morgan fingerprint density at radius 3 is 2.73 bits per heavy atom. The first-order valence-electron chi connectivity index (χ1n) is 3.75. The monoisotopic (exact) mass is 155 g/mol. The number of amides is 1. The minimum Gasteiger partial charge on any atom is -0.440 e. The second kappa shape index (κ2) is 2.95. The first-order valence-corrected chi connectivity index (χ1v) is 3.75. The highest BCUT2D eigenvalue weighted by atomic mass is 16.6. The summed E-state index contributed by atoms with van der Waals surface area (Å²) in [6.07, 6.45) is 1.15. The van der Waals surface area contributed by atoms with Crippen LogP contribution in [-0.2, 0) is 4.74 Å². The van der Waals surface area contributed by atoms with E-state index in [0.717, 1.165) is 0 Å². The molecule has 1 N–H and O–H groups in total. The van der Waals surface area contributed by atoms with Crippen molar-refractivity contribution in [3.63, 3.8) is 0 Å². The smallest absolute Gasteiger partial charge is 0.408 e.